The topological polar surface area (TPSA) is 47.9 Å². The van der Waals surface area contributed by atoms with Gasteiger partial charge in [-0.05, 0) is 23.6 Å². The fourth-order valence-corrected chi connectivity index (χ4v) is 1.67. The third-order valence-electron chi connectivity index (χ3n) is 2.24. The molecule has 0 radical (unpaired) electrons. The van der Waals surface area contributed by atoms with Crippen molar-refractivity contribution < 1.29 is 14.3 Å². The number of hydrogen-bond donors (Lipinski definition) is 0. The summed E-state index contributed by atoms with van der Waals surface area (Å²) in [6.45, 7) is 6.04. The van der Waals surface area contributed by atoms with E-state index in [9.17, 15) is 4.79 Å². The van der Waals surface area contributed by atoms with E-state index in [-0.39, 0.29) is 6.54 Å². The van der Waals surface area contributed by atoms with Crippen LogP contribution in [-0.4, -0.2) is 25.8 Å². The molecule has 19 heavy (non-hydrogen) atoms. The monoisotopic (exact) mass is 283 g/mol. The van der Waals surface area contributed by atoms with Crippen molar-refractivity contribution in [2.24, 2.45) is 10.9 Å². The van der Waals surface area contributed by atoms with Crippen LogP contribution in [0.15, 0.2) is 23.2 Å². The summed E-state index contributed by atoms with van der Waals surface area (Å²) >= 11 is 6.10. The maximum atomic E-state index is 9.89. The van der Waals surface area contributed by atoms with Gasteiger partial charge in [-0.25, -0.2) is 9.79 Å². The molecule has 1 rings (SSSR count). The zero-order valence-electron chi connectivity index (χ0n) is 11.2. The highest BCUT2D eigenvalue weighted by molar-refractivity contribution is 6.32. The quantitative estimate of drug-likeness (QED) is 0.418. The molecule has 0 aromatic heterocycles. The van der Waals surface area contributed by atoms with E-state index in [0.717, 1.165) is 12.2 Å². The fraction of sp³-hybridized carbons (Fsp3) is 0.500. The van der Waals surface area contributed by atoms with Gasteiger partial charge in [-0.2, -0.15) is 0 Å². The predicted octanol–water partition coefficient (Wildman–Crippen LogP) is 3.23. The SMILES string of the molecule is CC(C)COCc1ccc(OCCN=C=O)c(Cl)c1. The molecular formula is C14H18ClNO3. The van der Waals surface area contributed by atoms with Crippen molar-refractivity contribution in [3.05, 3.63) is 28.8 Å². The van der Waals surface area contributed by atoms with Crippen LogP contribution in [0.3, 0.4) is 0 Å². The van der Waals surface area contributed by atoms with Crippen molar-refractivity contribution in [3.63, 3.8) is 0 Å². The molecule has 0 N–H and O–H groups in total. The van der Waals surface area contributed by atoms with Crippen molar-refractivity contribution in [2.45, 2.75) is 20.5 Å². The molecule has 4 nitrogen and oxygen atoms in total. The first-order valence-electron chi connectivity index (χ1n) is 6.16. The first-order chi connectivity index (χ1) is 9.13. The highest BCUT2D eigenvalue weighted by Crippen LogP contribution is 2.25. The van der Waals surface area contributed by atoms with Gasteiger partial charge in [0.05, 0.1) is 18.2 Å². The van der Waals surface area contributed by atoms with E-state index >= 15 is 0 Å². The molecule has 1 aromatic carbocycles. The molecule has 0 fully saturated rings. The lowest BCUT2D eigenvalue weighted by Crippen LogP contribution is -2.03. The number of ether oxygens (including phenoxy) is 2. The Morgan fingerprint density at radius 2 is 2.21 bits per heavy atom. The minimum Gasteiger partial charge on any atom is -0.490 e. The molecular weight excluding hydrogens is 266 g/mol. The summed E-state index contributed by atoms with van der Waals surface area (Å²) in [6, 6.07) is 5.52. The van der Waals surface area contributed by atoms with Gasteiger partial charge in [0.25, 0.3) is 0 Å². The number of carbonyl (C=O) groups excluding carboxylic acids is 1. The van der Waals surface area contributed by atoms with Crippen LogP contribution in [0.4, 0.5) is 0 Å². The molecule has 0 atom stereocenters. The molecule has 0 aliphatic heterocycles. The molecule has 0 heterocycles. The fourth-order valence-electron chi connectivity index (χ4n) is 1.41. The lowest BCUT2D eigenvalue weighted by molar-refractivity contribution is 0.0970. The Morgan fingerprint density at radius 3 is 2.84 bits per heavy atom. The van der Waals surface area contributed by atoms with Crippen LogP contribution >= 0.6 is 11.6 Å². The molecule has 0 aliphatic carbocycles. The largest absolute Gasteiger partial charge is 0.490 e. The zero-order chi connectivity index (χ0) is 14.1. The first-order valence-corrected chi connectivity index (χ1v) is 6.54. The summed E-state index contributed by atoms with van der Waals surface area (Å²) in [4.78, 5) is 13.3. The van der Waals surface area contributed by atoms with Gasteiger partial charge in [0.1, 0.15) is 12.4 Å². The second kappa shape index (κ2) is 8.70. The maximum absolute atomic E-state index is 9.89. The molecule has 104 valence electrons. The number of aliphatic imine (C=N–C) groups is 1. The van der Waals surface area contributed by atoms with Crippen LogP contribution in [0.5, 0.6) is 5.75 Å². The number of benzene rings is 1. The van der Waals surface area contributed by atoms with E-state index < -0.39 is 0 Å². The summed E-state index contributed by atoms with van der Waals surface area (Å²) in [5, 5.41) is 0.528. The van der Waals surface area contributed by atoms with Crippen molar-refractivity contribution in [3.8, 4) is 5.75 Å². The van der Waals surface area contributed by atoms with E-state index in [1.165, 1.54) is 6.08 Å². The highest BCUT2D eigenvalue weighted by Gasteiger charge is 2.04. The average Bonchev–Trinajstić information content (AvgIpc) is 2.36. The zero-order valence-corrected chi connectivity index (χ0v) is 11.9. The minimum atomic E-state index is 0.277. The van der Waals surface area contributed by atoms with E-state index in [2.05, 4.69) is 18.8 Å². The van der Waals surface area contributed by atoms with Gasteiger partial charge in [0, 0.05) is 6.61 Å². The van der Waals surface area contributed by atoms with Crippen LogP contribution in [0.1, 0.15) is 19.4 Å². The average molecular weight is 284 g/mol. The molecule has 0 unspecified atom stereocenters. The lowest BCUT2D eigenvalue weighted by Gasteiger charge is -2.10. The van der Waals surface area contributed by atoms with Crippen LogP contribution in [0, 0.1) is 5.92 Å². The number of nitrogens with zero attached hydrogens (tertiary/aromatic N) is 1. The smallest absolute Gasteiger partial charge is 0.235 e. The van der Waals surface area contributed by atoms with Gasteiger partial charge < -0.3 is 9.47 Å². The van der Waals surface area contributed by atoms with E-state index in [4.69, 9.17) is 21.1 Å². The van der Waals surface area contributed by atoms with Gasteiger partial charge in [-0.15, -0.1) is 0 Å². The van der Waals surface area contributed by atoms with Crippen LogP contribution in [0.25, 0.3) is 0 Å². The maximum Gasteiger partial charge on any atom is 0.235 e. The number of rotatable bonds is 8. The minimum absolute atomic E-state index is 0.277. The highest BCUT2D eigenvalue weighted by atomic mass is 35.5. The molecule has 0 saturated carbocycles. The Bertz CT molecular complexity index is 442. The first kappa shape index (κ1) is 15.7. The Balaban J connectivity index is 2.47. The second-order valence-corrected chi connectivity index (χ2v) is 4.90. The van der Waals surface area contributed by atoms with E-state index in [1.807, 2.05) is 12.1 Å². The lowest BCUT2D eigenvalue weighted by atomic mass is 10.2. The normalized spacial score (nSPS) is 10.3. The predicted molar refractivity (Wildman–Crippen MR) is 74.4 cm³/mol. The standard InChI is InChI=1S/C14H18ClNO3/c1-11(2)8-18-9-12-3-4-14(13(15)7-12)19-6-5-16-10-17/h3-4,7,11H,5-6,8-9H2,1-2H3. The van der Waals surface area contributed by atoms with Crippen molar-refractivity contribution in [1.82, 2.24) is 0 Å². The van der Waals surface area contributed by atoms with Crippen molar-refractivity contribution >= 4 is 17.7 Å². The van der Waals surface area contributed by atoms with E-state index in [0.29, 0.717) is 29.9 Å². The van der Waals surface area contributed by atoms with Gasteiger partial charge in [0.15, 0.2) is 0 Å². The number of halogens is 1. The summed E-state index contributed by atoms with van der Waals surface area (Å²) in [7, 11) is 0. The Hall–Kier alpha value is -1.35. The molecule has 0 spiro atoms. The van der Waals surface area contributed by atoms with Crippen LogP contribution in [-0.2, 0) is 16.1 Å². The number of isocyanates is 1. The van der Waals surface area contributed by atoms with Gasteiger partial charge in [-0.1, -0.05) is 31.5 Å². The number of hydrogen-bond acceptors (Lipinski definition) is 4. The van der Waals surface area contributed by atoms with Crippen LogP contribution in [0.2, 0.25) is 5.02 Å². The Kier molecular flexibility index (Phi) is 7.19. The summed E-state index contributed by atoms with van der Waals surface area (Å²) < 4.78 is 10.9. The molecule has 0 saturated heterocycles. The Morgan fingerprint density at radius 1 is 1.42 bits per heavy atom. The summed E-state index contributed by atoms with van der Waals surface area (Å²) in [5.74, 6) is 1.09. The third kappa shape index (κ3) is 6.39. The van der Waals surface area contributed by atoms with Gasteiger partial charge in [0.2, 0.25) is 6.08 Å². The Labute approximate surface area is 118 Å². The second-order valence-electron chi connectivity index (χ2n) is 4.50. The van der Waals surface area contributed by atoms with Crippen molar-refractivity contribution in [2.75, 3.05) is 19.8 Å². The molecule has 5 heteroatoms. The van der Waals surface area contributed by atoms with Gasteiger partial charge in [-0.3, -0.25) is 0 Å². The van der Waals surface area contributed by atoms with Crippen LogP contribution < -0.4 is 4.74 Å². The molecule has 0 aliphatic rings. The van der Waals surface area contributed by atoms with Crippen molar-refractivity contribution in [1.29, 1.82) is 0 Å². The molecule has 1 aromatic rings. The van der Waals surface area contributed by atoms with E-state index in [1.54, 1.807) is 6.07 Å². The summed E-state index contributed by atoms with van der Waals surface area (Å²) in [6.07, 6.45) is 1.46. The van der Waals surface area contributed by atoms with Gasteiger partial charge >= 0.3 is 0 Å². The molecule has 0 amide bonds. The summed E-state index contributed by atoms with van der Waals surface area (Å²) in [5.41, 5.74) is 1.00. The molecule has 0 bridgehead atoms. The third-order valence-corrected chi connectivity index (χ3v) is 2.54.